The fraction of sp³-hybridized carbons (Fsp3) is 0.643. The van der Waals surface area contributed by atoms with E-state index in [2.05, 4.69) is 9.97 Å². The number of rotatable bonds is 2. The zero-order valence-corrected chi connectivity index (χ0v) is 12.5. The lowest BCUT2D eigenvalue weighted by Gasteiger charge is -2.38. The Labute approximate surface area is 123 Å². The van der Waals surface area contributed by atoms with Crippen LogP contribution in [0.25, 0.3) is 0 Å². The van der Waals surface area contributed by atoms with Crippen LogP contribution < -0.4 is 0 Å². The predicted molar refractivity (Wildman–Crippen MR) is 74.5 cm³/mol. The summed E-state index contributed by atoms with van der Waals surface area (Å²) in [5.41, 5.74) is -0.0395. The van der Waals surface area contributed by atoms with E-state index < -0.39 is 23.8 Å². The molecule has 1 saturated heterocycles. The summed E-state index contributed by atoms with van der Waals surface area (Å²) in [5.74, 6) is 0. The minimum atomic E-state index is -0.918. The number of nitrogens with zero attached hydrogens (tertiary/aromatic N) is 3. The van der Waals surface area contributed by atoms with Crippen molar-refractivity contribution in [2.45, 2.75) is 38.5 Å². The topological polar surface area (TPSA) is 84.8 Å². The summed E-state index contributed by atoms with van der Waals surface area (Å²) in [4.78, 5) is 21.5. The summed E-state index contributed by atoms with van der Waals surface area (Å²) in [6, 6.07) is -0.514. The number of amides is 1. The zero-order valence-electron chi connectivity index (χ0n) is 12.5. The van der Waals surface area contributed by atoms with Crippen LogP contribution in [-0.4, -0.2) is 57.5 Å². The first kappa shape index (κ1) is 15.7. The van der Waals surface area contributed by atoms with Crippen LogP contribution in [0.5, 0.6) is 0 Å². The van der Waals surface area contributed by atoms with E-state index in [1.807, 2.05) is 20.8 Å². The zero-order chi connectivity index (χ0) is 15.5. The average Bonchev–Trinajstić information content (AvgIpc) is 2.45. The number of carbonyl (C=O) groups is 1. The van der Waals surface area contributed by atoms with E-state index in [0.29, 0.717) is 18.7 Å². The van der Waals surface area contributed by atoms with Crippen molar-refractivity contribution in [2.75, 3.05) is 19.8 Å². The lowest BCUT2D eigenvalue weighted by molar-refractivity contribution is -0.0674. The maximum atomic E-state index is 12.3. The molecular weight excluding hydrogens is 274 g/mol. The number of morpholine rings is 1. The van der Waals surface area contributed by atoms with Gasteiger partial charge in [0.25, 0.3) is 0 Å². The molecule has 7 heteroatoms. The van der Waals surface area contributed by atoms with Crippen LogP contribution in [-0.2, 0) is 9.47 Å². The largest absolute Gasteiger partial charge is 0.444 e. The Kier molecular flexibility index (Phi) is 4.74. The van der Waals surface area contributed by atoms with E-state index >= 15 is 0 Å². The van der Waals surface area contributed by atoms with Gasteiger partial charge in [0.05, 0.1) is 19.3 Å². The Morgan fingerprint density at radius 1 is 1.48 bits per heavy atom. The third kappa shape index (κ3) is 4.12. The lowest BCUT2D eigenvalue weighted by atomic mass is 10.0. The second-order valence-electron chi connectivity index (χ2n) is 5.93. The molecule has 116 valence electrons. The van der Waals surface area contributed by atoms with Gasteiger partial charge in [0.1, 0.15) is 18.0 Å². The Morgan fingerprint density at radius 3 is 2.76 bits per heavy atom. The molecule has 1 aliphatic heterocycles. The maximum absolute atomic E-state index is 12.3. The second-order valence-corrected chi connectivity index (χ2v) is 5.93. The molecule has 1 amide bonds. The van der Waals surface area contributed by atoms with E-state index in [0.717, 1.165) is 0 Å². The van der Waals surface area contributed by atoms with Gasteiger partial charge >= 0.3 is 6.09 Å². The summed E-state index contributed by atoms with van der Waals surface area (Å²) in [7, 11) is 0. The van der Waals surface area contributed by atoms with E-state index in [1.165, 1.54) is 23.6 Å². The summed E-state index contributed by atoms with van der Waals surface area (Å²) in [6.07, 6.45) is 3.07. The van der Waals surface area contributed by atoms with Crippen molar-refractivity contribution in [3.05, 3.63) is 24.3 Å². The Hall–Kier alpha value is -1.73. The molecule has 1 fully saturated rings. The highest BCUT2D eigenvalue weighted by Gasteiger charge is 2.36. The van der Waals surface area contributed by atoms with Crippen molar-refractivity contribution in [3.8, 4) is 0 Å². The molecule has 0 saturated carbocycles. The summed E-state index contributed by atoms with van der Waals surface area (Å²) in [6.45, 7) is 6.47. The van der Waals surface area contributed by atoms with Crippen molar-refractivity contribution in [1.29, 1.82) is 0 Å². The highest BCUT2D eigenvalue weighted by Crippen LogP contribution is 2.24. The summed E-state index contributed by atoms with van der Waals surface area (Å²) >= 11 is 0. The summed E-state index contributed by atoms with van der Waals surface area (Å²) < 4.78 is 10.8. The number of aliphatic hydroxyl groups is 1. The monoisotopic (exact) mass is 295 g/mol. The molecule has 1 aromatic heterocycles. The van der Waals surface area contributed by atoms with E-state index in [1.54, 1.807) is 0 Å². The number of ether oxygens (including phenoxy) is 2. The highest BCUT2D eigenvalue weighted by atomic mass is 16.6. The third-order valence-corrected chi connectivity index (χ3v) is 3.08. The number of aromatic nitrogens is 2. The Morgan fingerprint density at radius 2 is 2.14 bits per heavy atom. The number of hydrogen-bond acceptors (Lipinski definition) is 6. The first-order valence-corrected chi connectivity index (χ1v) is 6.89. The van der Waals surface area contributed by atoms with Crippen LogP contribution in [0.15, 0.2) is 18.7 Å². The van der Waals surface area contributed by atoms with Gasteiger partial charge in [-0.3, -0.25) is 4.90 Å². The molecule has 7 nitrogen and oxygen atoms in total. The fourth-order valence-corrected chi connectivity index (χ4v) is 2.12. The molecule has 2 atom stereocenters. The molecule has 1 aromatic rings. The number of aliphatic hydroxyl groups excluding tert-OH is 1. The predicted octanol–water partition coefficient (Wildman–Crippen LogP) is 1.15. The molecule has 0 bridgehead atoms. The first-order valence-electron chi connectivity index (χ1n) is 6.89. The van der Waals surface area contributed by atoms with Crippen molar-refractivity contribution < 1.29 is 19.4 Å². The maximum Gasteiger partial charge on any atom is 0.410 e. The minimum Gasteiger partial charge on any atom is -0.444 e. The minimum absolute atomic E-state index is 0.245. The van der Waals surface area contributed by atoms with Gasteiger partial charge in [0, 0.05) is 24.5 Å². The Bertz CT molecular complexity index is 475. The molecule has 2 unspecified atom stereocenters. The SMILES string of the molecule is CC(C)(C)OC(=O)N1CCOCC1C(O)c1cncnc1. The lowest BCUT2D eigenvalue weighted by Crippen LogP contribution is -2.52. The molecule has 2 heterocycles. The van der Waals surface area contributed by atoms with Crippen molar-refractivity contribution in [2.24, 2.45) is 0 Å². The summed E-state index contributed by atoms with van der Waals surface area (Å²) in [5, 5.41) is 10.5. The van der Waals surface area contributed by atoms with Gasteiger partial charge in [0.2, 0.25) is 0 Å². The van der Waals surface area contributed by atoms with Crippen LogP contribution >= 0.6 is 0 Å². The normalized spacial score (nSPS) is 21.0. The quantitative estimate of drug-likeness (QED) is 0.881. The van der Waals surface area contributed by atoms with Crippen LogP contribution in [0.3, 0.4) is 0 Å². The standard InChI is InChI=1S/C14H21N3O4/c1-14(2,3)21-13(19)17-4-5-20-8-11(17)12(18)10-6-15-9-16-7-10/h6-7,9,11-12,18H,4-5,8H2,1-3H3. The van der Waals surface area contributed by atoms with Crippen LogP contribution in [0, 0.1) is 0 Å². The Balaban J connectivity index is 2.13. The van der Waals surface area contributed by atoms with Gasteiger partial charge in [-0.05, 0) is 20.8 Å². The van der Waals surface area contributed by atoms with Crippen LogP contribution in [0.2, 0.25) is 0 Å². The van der Waals surface area contributed by atoms with E-state index in [-0.39, 0.29) is 6.61 Å². The molecule has 0 spiro atoms. The third-order valence-electron chi connectivity index (χ3n) is 3.08. The molecule has 0 aliphatic carbocycles. The smallest absolute Gasteiger partial charge is 0.410 e. The highest BCUT2D eigenvalue weighted by molar-refractivity contribution is 5.68. The van der Waals surface area contributed by atoms with Crippen LogP contribution in [0.4, 0.5) is 4.79 Å². The van der Waals surface area contributed by atoms with E-state index in [9.17, 15) is 9.90 Å². The molecule has 1 aliphatic rings. The van der Waals surface area contributed by atoms with Gasteiger partial charge in [-0.2, -0.15) is 0 Å². The first-order chi connectivity index (χ1) is 9.88. The van der Waals surface area contributed by atoms with Crippen molar-refractivity contribution in [3.63, 3.8) is 0 Å². The fourth-order valence-electron chi connectivity index (χ4n) is 2.12. The molecule has 0 aromatic carbocycles. The number of hydrogen-bond donors (Lipinski definition) is 1. The molecule has 1 N–H and O–H groups in total. The van der Waals surface area contributed by atoms with Gasteiger partial charge in [-0.15, -0.1) is 0 Å². The van der Waals surface area contributed by atoms with Gasteiger partial charge in [-0.25, -0.2) is 14.8 Å². The molecular formula is C14H21N3O4. The molecule has 2 rings (SSSR count). The number of carbonyl (C=O) groups excluding carboxylic acids is 1. The van der Waals surface area contributed by atoms with Crippen molar-refractivity contribution in [1.82, 2.24) is 14.9 Å². The van der Waals surface area contributed by atoms with Gasteiger partial charge in [-0.1, -0.05) is 0 Å². The van der Waals surface area contributed by atoms with Crippen molar-refractivity contribution >= 4 is 6.09 Å². The van der Waals surface area contributed by atoms with Gasteiger partial charge < -0.3 is 14.6 Å². The van der Waals surface area contributed by atoms with Crippen LogP contribution in [0.1, 0.15) is 32.4 Å². The molecule has 21 heavy (non-hydrogen) atoms. The average molecular weight is 295 g/mol. The van der Waals surface area contributed by atoms with Gasteiger partial charge in [0.15, 0.2) is 0 Å². The second kappa shape index (κ2) is 6.36. The van der Waals surface area contributed by atoms with E-state index in [4.69, 9.17) is 9.47 Å². The molecule has 0 radical (unpaired) electrons.